The summed E-state index contributed by atoms with van der Waals surface area (Å²) in [5.41, 5.74) is 3.46. The molecule has 0 spiro atoms. The molecule has 1 aliphatic carbocycles. The lowest BCUT2D eigenvalue weighted by molar-refractivity contribution is 0.616. The molecule has 4 heteroatoms. The second-order valence-electron chi connectivity index (χ2n) is 5.19. The predicted octanol–water partition coefficient (Wildman–Crippen LogP) is 3.06. The number of aryl methyl sites for hydroxylation is 1. The minimum Gasteiger partial charge on any atom is -0.464 e. The monoisotopic (exact) mass is 266 g/mol. The Morgan fingerprint density at radius 3 is 2.95 bits per heavy atom. The van der Waals surface area contributed by atoms with E-state index in [1.54, 1.807) is 6.26 Å². The molecule has 0 unspecified atom stereocenters. The van der Waals surface area contributed by atoms with Crippen LogP contribution in [0.15, 0.2) is 39.7 Å². The number of hydrogen-bond donors (Lipinski definition) is 1. The number of benzene rings is 1. The normalized spacial score (nSPS) is 14.4. The third-order valence-corrected chi connectivity index (χ3v) is 3.93. The van der Waals surface area contributed by atoms with E-state index >= 15 is 0 Å². The SMILES string of the molecule is O=c1[nH]c(-c2coc3ccccc23)nc2c1CCCC2. The van der Waals surface area contributed by atoms with E-state index in [9.17, 15) is 4.79 Å². The van der Waals surface area contributed by atoms with Gasteiger partial charge in [-0.05, 0) is 31.7 Å². The highest BCUT2D eigenvalue weighted by Gasteiger charge is 2.17. The van der Waals surface area contributed by atoms with Gasteiger partial charge in [0.05, 0.1) is 11.3 Å². The van der Waals surface area contributed by atoms with Crippen LogP contribution in [0.1, 0.15) is 24.1 Å². The summed E-state index contributed by atoms with van der Waals surface area (Å²) in [6.07, 6.45) is 5.57. The second-order valence-corrected chi connectivity index (χ2v) is 5.19. The first-order valence-electron chi connectivity index (χ1n) is 6.91. The third-order valence-electron chi connectivity index (χ3n) is 3.93. The predicted molar refractivity (Wildman–Crippen MR) is 76.7 cm³/mol. The molecular formula is C16H14N2O2. The van der Waals surface area contributed by atoms with Crippen molar-refractivity contribution in [2.75, 3.05) is 0 Å². The van der Waals surface area contributed by atoms with Gasteiger partial charge in [-0.3, -0.25) is 4.79 Å². The minimum atomic E-state index is -0.00465. The van der Waals surface area contributed by atoms with Gasteiger partial charge in [0.2, 0.25) is 0 Å². The number of aromatic amines is 1. The number of H-pyrrole nitrogens is 1. The zero-order chi connectivity index (χ0) is 13.5. The molecule has 0 aliphatic heterocycles. The van der Waals surface area contributed by atoms with Crippen molar-refractivity contribution in [1.29, 1.82) is 0 Å². The molecule has 3 aromatic rings. The van der Waals surface area contributed by atoms with Crippen molar-refractivity contribution in [3.05, 3.63) is 52.1 Å². The molecule has 1 aliphatic rings. The fourth-order valence-corrected chi connectivity index (χ4v) is 2.89. The van der Waals surface area contributed by atoms with Gasteiger partial charge < -0.3 is 9.40 Å². The van der Waals surface area contributed by atoms with Gasteiger partial charge in [0, 0.05) is 10.9 Å². The van der Waals surface area contributed by atoms with Crippen molar-refractivity contribution >= 4 is 11.0 Å². The van der Waals surface area contributed by atoms with E-state index in [-0.39, 0.29) is 5.56 Å². The second kappa shape index (κ2) is 4.34. The Morgan fingerprint density at radius 1 is 1.15 bits per heavy atom. The average Bonchev–Trinajstić information content (AvgIpc) is 2.91. The maximum atomic E-state index is 12.2. The number of furan rings is 1. The quantitative estimate of drug-likeness (QED) is 0.736. The van der Waals surface area contributed by atoms with Gasteiger partial charge in [0.15, 0.2) is 0 Å². The van der Waals surface area contributed by atoms with Crippen LogP contribution in [-0.2, 0) is 12.8 Å². The van der Waals surface area contributed by atoms with E-state index in [4.69, 9.17) is 4.42 Å². The molecule has 2 aromatic heterocycles. The van der Waals surface area contributed by atoms with Gasteiger partial charge in [0.25, 0.3) is 5.56 Å². The third kappa shape index (κ3) is 1.68. The van der Waals surface area contributed by atoms with Gasteiger partial charge in [-0.2, -0.15) is 0 Å². The molecule has 0 amide bonds. The number of fused-ring (bicyclic) bond motifs is 2. The van der Waals surface area contributed by atoms with E-state index in [0.29, 0.717) is 5.82 Å². The largest absolute Gasteiger partial charge is 0.464 e. The summed E-state index contributed by atoms with van der Waals surface area (Å²) in [5, 5.41) is 0.978. The Hall–Kier alpha value is -2.36. The van der Waals surface area contributed by atoms with Crippen LogP contribution in [0.5, 0.6) is 0 Å². The lowest BCUT2D eigenvalue weighted by Crippen LogP contribution is -2.21. The molecule has 0 atom stereocenters. The molecule has 1 aromatic carbocycles. The highest BCUT2D eigenvalue weighted by atomic mass is 16.3. The fourth-order valence-electron chi connectivity index (χ4n) is 2.89. The van der Waals surface area contributed by atoms with Crippen LogP contribution in [0.4, 0.5) is 0 Å². The van der Waals surface area contributed by atoms with Gasteiger partial charge in [-0.15, -0.1) is 0 Å². The van der Waals surface area contributed by atoms with E-state index in [0.717, 1.165) is 53.5 Å². The summed E-state index contributed by atoms with van der Waals surface area (Å²) >= 11 is 0. The molecule has 1 N–H and O–H groups in total. The standard InChI is InChI=1S/C16H14N2O2/c19-16-11-6-1-3-7-13(11)17-15(18-16)12-9-20-14-8-4-2-5-10(12)14/h2,4-5,8-9H,1,3,6-7H2,(H,17,18,19). The number of hydrogen-bond acceptors (Lipinski definition) is 3. The zero-order valence-corrected chi connectivity index (χ0v) is 11.0. The van der Waals surface area contributed by atoms with E-state index in [2.05, 4.69) is 9.97 Å². The number of nitrogens with one attached hydrogen (secondary N) is 1. The summed E-state index contributed by atoms with van der Waals surface area (Å²) < 4.78 is 5.53. The van der Waals surface area contributed by atoms with Crippen LogP contribution in [0.3, 0.4) is 0 Å². The molecular weight excluding hydrogens is 252 g/mol. The lowest BCUT2D eigenvalue weighted by Gasteiger charge is -2.14. The van der Waals surface area contributed by atoms with Crippen LogP contribution in [0.2, 0.25) is 0 Å². The number of nitrogens with zero attached hydrogens (tertiary/aromatic N) is 1. The molecule has 100 valence electrons. The molecule has 0 bridgehead atoms. The Bertz CT molecular complexity index is 845. The molecule has 0 fully saturated rings. The Kier molecular flexibility index (Phi) is 2.49. The van der Waals surface area contributed by atoms with Crippen molar-refractivity contribution in [1.82, 2.24) is 9.97 Å². The van der Waals surface area contributed by atoms with Crippen molar-refractivity contribution in [3.8, 4) is 11.4 Å². The van der Waals surface area contributed by atoms with Crippen LogP contribution < -0.4 is 5.56 Å². The van der Waals surface area contributed by atoms with E-state index in [1.165, 1.54) is 0 Å². The first-order valence-corrected chi connectivity index (χ1v) is 6.91. The molecule has 0 saturated heterocycles. The minimum absolute atomic E-state index is 0.00465. The van der Waals surface area contributed by atoms with E-state index < -0.39 is 0 Å². The van der Waals surface area contributed by atoms with Crippen LogP contribution in [-0.4, -0.2) is 9.97 Å². The Balaban J connectivity index is 1.94. The smallest absolute Gasteiger partial charge is 0.254 e. The van der Waals surface area contributed by atoms with Crippen molar-refractivity contribution in [2.24, 2.45) is 0 Å². The van der Waals surface area contributed by atoms with Crippen molar-refractivity contribution < 1.29 is 4.42 Å². The van der Waals surface area contributed by atoms with Crippen molar-refractivity contribution in [3.63, 3.8) is 0 Å². The highest BCUT2D eigenvalue weighted by Crippen LogP contribution is 2.28. The van der Waals surface area contributed by atoms with Crippen LogP contribution >= 0.6 is 0 Å². The Labute approximate surface area is 115 Å². The van der Waals surface area contributed by atoms with Gasteiger partial charge in [-0.1, -0.05) is 18.2 Å². The van der Waals surface area contributed by atoms with Gasteiger partial charge in [0.1, 0.15) is 17.7 Å². The molecule has 20 heavy (non-hydrogen) atoms. The summed E-state index contributed by atoms with van der Waals surface area (Å²) in [6.45, 7) is 0. The van der Waals surface area contributed by atoms with Crippen LogP contribution in [0, 0.1) is 0 Å². The number of aromatic nitrogens is 2. The van der Waals surface area contributed by atoms with E-state index in [1.807, 2.05) is 24.3 Å². The first-order chi connectivity index (χ1) is 9.83. The summed E-state index contributed by atoms with van der Waals surface area (Å²) in [5.74, 6) is 0.612. The van der Waals surface area contributed by atoms with Crippen molar-refractivity contribution in [2.45, 2.75) is 25.7 Å². The Morgan fingerprint density at radius 2 is 2.00 bits per heavy atom. The summed E-state index contributed by atoms with van der Waals surface area (Å²) in [7, 11) is 0. The van der Waals surface area contributed by atoms with Gasteiger partial charge >= 0.3 is 0 Å². The molecule has 0 saturated carbocycles. The van der Waals surface area contributed by atoms with Crippen LogP contribution in [0.25, 0.3) is 22.4 Å². The number of rotatable bonds is 1. The summed E-state index contributed by atoms with van der Waals surface area (Å²) in [6, 6.07) is 7.78. The topological polar surface area (TPSA) is 58.9 Å². The molecule has 2 heterocycles. The lowest BCUT2D eigenvalue weighted by atomic mass is 9.97. The maximum Gasteiger partial charge on any atom is 0.254 e. The molecule has 4 nitrogen and oxygen atoms in total. The first kappa shape index (κ1) is 11.5. The average molecular weight is 266 g/mol. The molecule has 0 radical (unpaired) electrons. The van der Waals surface area contributed by atoms with Gasteiger partial charge in [-0.25, -0.2) is 4.98 Å². The summed E-state index contributed by atoms with van der Waals surface area (Å²) in [4.78, 5) is 19.7. The zero-order valence-electron chi connectivity index (χ0n) is 11.0. The molecule has 4 rings (SSSR count). The highest BCUT2D eigenvalue weighted by molar-refractivity contribution is 5.91. The fraction of sp³-hybridized carbons (Fsp3) is 0.250. The number of para-hydroxylation sites is 1. The maximum absolute atomic E-state index is 12.2.